The molecule has 108 valence electrons. The molecule has 2 heterocycles. The van der Waals surface area contributed by atoms with Gasteiger partial charge >= 0.3 is 0 Å². The Kier molecular flexibility index (Phi) is 4.10. The van der Waals surface area contributed by atoms with Gasteiger partial charge in [-0.05, 0) is 29.4 Å². The zero-order valence-electron chi connectivity index (χ0n) is 13.0. The van der Waals surface area contributed by atoms with Crippen LogP contribution in [0.3, 0.4) is 0 Å². The van der Waals surface area contributed by atoms with E-state index in [1.165, 1.54) is 9.75 Å². The van der Waals surface area contributed by atoms with E-state index in [-0.39, 0.29) is 10.8 Å². The van der Waals surface area contributed by atoms with Gasteiger partial charge in [0.25, 0.3) is 0 Å². The van der Waals surface area contributed by atoms with Crippen LogP contribution in [0.4, 0.5) is 0 Å². The molecule has 1 aliphatic rings. The maximum Gasteiger partial charge on any atom is 0.0328 e. The molecule has 0 bridgehead atoms. The summed E-state index contributed by atoms with van der Waals surface area (Å²) in [6, 6.07) is 4.94. The van der Waals surface area contributed by atoms with Crippen molar-refractivity contribution < 1.29 is 0 Å². The highest BCUT2D eigenvalue weighted by molar-refractivity contribution is 7.12. The lowest BCUT2D eigenvalue weighted by molar-refractivity contribution is 0.0907. The highest BCUT2D eigenvalue weighted by Gasteiger charge is 2.33. The Balaban J connectivity index is 2.00. The Morgan fingerprint density at radius 1 is 1.37 bits per heavy atom. The summed E-state index contributed by atoms with van der Waals surface area (Å²) in [5.74, 6) is 0. The Hall–Kier alpha value is -0.380. The van der Waals surface area contributed by atoms with Crippen LogP contribution in [0.2, 0.25) is 0 Å². The molecule has 0 saturated carbocycles. The number of hydrogen-bond acceptors (Lipinski definition) is 3. The molecule has 3 heteroatoms. The largest absolute Gasteiger partial charge is 0.327 e. The van der Waals surface area contributed by atoms with E-state index in [0.717, 1.165) is 26.1 Å². The van der Waals surface area contributed by atoms with Crippen LogP contribution >= 0.6 is 11.3 Å². The van der Waals surface area contributed by atoms with Crippen LogP contribution in [0.25, 0.3) is 0 Å². The average Bonchev–Trinajstić information content (AvgIpc) is 2.71. The average molecular weight is 280 g/mol. The van der Waals surface area contributed by atoms with Crippen LogP contribution in [0, 0.1) is 5.41 Å². The van der Waals surface area contributed by atoms with Gasteiger partial charge in [0.15, 0.2) is 0 Å². The Labute approximate surface area is 122 Å². The standard InChI is InChI=1S/C16H28N2S/c1-15(2,3)14-7-6-12(19-14)10-18-9-8-13(17)16(4,5)11-18/h6-7,13H,8-11,17H2,1-5H3. The second kappa shape index (κ2) is 5.19. The summed E-state index contributed by atoms with van der Waals surface area (Å²) in [5.41, 5.74) is 6.71. The first-order valence-electron chi connectivity index (χ1n) is 7.25. The molecule has 1 aromatic rings. The SMILES string of the molecule is CC(C)(C)c1ccc(CN2CCC(N)C(C)(C)C2)s1. The summed E-state index contributed by atoms with van der Waals surface area (Å²) in [6.07, 6.45) is 1.12. The van der Waals surface area contributed by atoms with E-state index < -0.39 is 0 Å². The lowest BCUT2D eigenvalue weighted by Gasteiger charge is -2.42. The monoisotopic (exact) mass is 280 g/mol. The van der Waals surface area contributed by atoms with Crippen LogP contribution in [0.15, 0.2) is 12.1 Å². The fraction of sp³-hybridized carbons (Fsp3) is 0.750. The molecule has 2 nitrogen and oxygen atoms in total. The molecule has 1 unspecified atom stereocenters. The number of rotatable bonds is 2. The first kappa shape index (κ1) is 15.0. The molecule has 1 fully saturated rings. The van der Waals surface area contributed by atoms with E-state index in [1.807, 2.05) is 11.3 Å². The van der Waals surface area contributed by atoms with E-state index in [2.05, 4.69) is 51.7 Å². The summed E-state index contributed by atoms with van der Waals surface area (Å²) in [6.45, 7) is 14.8. The van der Waals surface area contributed by atoms with Crippen LogP contribution in [-0.2, 0) is 12.0 Å². The number of likely N-dealkylation sites (tertiary alicyclic amines) is 1. The molecule has 2 N–H and O–H groups in total. The van der Waals surface area contributed by atoms with Crippen molar-refractivity contribution in [2.24, 2.45) is 11.1 Å². The van der Waals surface area contributed by atoms with Crippen LogP contribution < -0.4 is 5.73 Å². The van der Waals surface area contributed by atoms with Gasteiger partial charge in [-0.15, -0.1) is 11.3 Å². The Morgan fingerprint density at radius 3 is 2.58 bits per heavy atom. The summed E-state index contributed by atoms with van der Waals surface area (Å²) < 4.78 is 0. The molecule has 0 radical (unpaired) electrons. The normalized spacial score (nSPS) is 24.6. The third-order valence-corrected chi connectivity index (χ3v) is 5.67. The molecular weight excluding hydrogens is 252 g/mol. The zero-order valence-corrected chi connectivity index (χ0v) is 13.8. The lowest BCUT2D eigenvalue weighted by Crippen LogP contribution is -2.51. The zero-order chi connectivity index (χ0) is 14.3. The van der Waals surface area contributed by atoms with E-state index in [0.29, 0.717) is 6.04 Å². The summed E-state index contributed by atoms with van der Waals surface area (Å²) in [4.78, 5) is 5.52. The third-order valence-electron chi connectivity index (χ3n) is 4.17. The van der Waals surface area contributed by atoms with E-state index in [1.54, 1.807) is 0 Å². The fourth-order valence-electron chi connectivity index (χ4n) is 2.71. The molecule has 1 aromatic heterocycles. The minimum absolute atomic E-state index is 0.238. The molecule has 1 saturated heterocycles. The summed E-state index contributed by atoms with van der Waals surface area (Å²) >= 11 is 1.96. The molecule has 0 aromatic carbocycles. The fourth-order valence-corrected chi connectivity index (χ4v) is 3.81. The smallest absolute Gasteiger partial charge is 0.0328 e. The lowest BCUT2D eigenvalue weighted by atomic mass is 9.80. The molecule has 0 aliphatic carbocycles. The van der Waals surface area contributed by atoms with E-state index >= 15 is 0 Å². The molecule has 1 atom stereocenters. The maximum absolute atomic E-state index is 6.21. The van der Waals surface area contributed by atoms with Crippen molar-refractivity contribution in [2.45, 2.75) is 59.0 Å². The number of nitrogens with two attached hydrogens (primary N) is 1. The predicted molar refractivity (Wildman–Crippen MR) is 84.7 cm³/mol. The minimum atomic E-state index is 0.238. The first-order chi connectivity index (χ1) is 8.68. The quantitative estimate of drug-likeness (QED) is 0.897. The molecule has 1 aliphatic heterocycles. The van der Waals surface area contributed by atoms with Gasteiger partial charge in [-0.25, -0.2) is 0 Å². The van der Waals surface area contributed by atoms with E-state index in [4.69, 9.17) is 5.73 Å². The molecule has 2 rings (SSSR count). The van der Waals surface area contributed by atoms with Gasteiger partial charge in [-0.2, -0.15) is 0 Å². The first-order valence-corrected chi connectivity index (χ1v) is 8.07. The van der Waals surface area contributed by atoms with Crippen molar-refractivity contribution >= 4 is 11.3 Å². The summed E-state index contributed by atoms with van der Waals surface area (Å²) in [7, 11) is 0. The number of hydrogen-bond donors (Lipinski definition) is 1. The molecule has 0 amide bonds. The van der Waals surface area contributed by atoms with Gasteiger partial charge in [0.1, 0.15) is 0 Å². The minimum Gasteiger partial charge on any atom is -0.327 e. The Bertz CT molecular complexity index is 428. The van der Waals surface area contributed by atoms with Gasteiger partial charge in [0.05, 0.1) is 0 Å². The van der Waals surface area contributed by atoms with Gasteiger partial charge in [0, 0.05) is 35.4 Å². The molecule has 19 heavy (non-hydrogen) atoms. The molecular formula is C16H28N2S. The van der Waals surface area contributed by atoms with Crippen LogP contribution in [0.5, 0.6) is 0 Å². The van der Waals surface area contributed by atoms with Crippen LogP contribution in [-0.4, -0.2) is 24.0 Å². The van der Waals surface area contributed by atoms with Gasteiger partial charge in [0.2, 0.25) is 0 Å². The van der Waals surface area contributed by atoms with Crippen molar-refractivity contribution in [3.63, 3.8) is 0 Å². The number of piperidine rings is 1. The highest BCUT2D eigenvalue weighted by atomic mass is 32.1. The molecule has 0 spiro atoms. The van der Waals surface area contributed by atoms with Crippen LogP contribution in [0.1, 0.15) is 50.8 Å². The maximum atomic E-state index is 6.21. The van der Waals surface area contributed by atoms with Crippen molar-refractivity contribution in [3.05, 3.63) is 21.9 Å². The number of thiophene rings is 1. The second-order valence-electron chi connectivity index (χ2n) is 7.61. The third kappa shape index (κ3) is 3.59. The Morgan fingerprint density at radius 2 is 2.05 bits per heavy atom. The van der Waals surface area contributed by atoms with Gasteiger partial charge in [-0.3, -0.25) is 4.90 Å². The predicted octanol–water partition coefficient (Wildman–Crippen LogP) is 3.60. The van der Waals surface area contributed by atoms with Gasteiger partial charge in [-0.1, -0.05) is 34.6 Å². The van der Waals surface area contributed by atoms with Gasteiger partial charge < -0.3 is 5.73 Å². The summed E-state index contributed by atoms with van der Waals surface area (Å²) in [5, 5.41) is 0. The topological polar surface area (TPSA) is 29.3 Å². The number of nitrogens with zero attached hydrogens (tertiary/aromatic N) is 1. The van der Waals surface area contributed by atoms with Crippen molar-refractivity contribution in [3.8, 4) is 0 Å². The highest BCUT2D eigenvalue weighted by Crippen LogP contribution is 2.32. The van der Waals surface area contributed by atoms with Crippen molar-refractivity contribution in [1.29, 1.82) is 0 Å². The van der Waals surface area contributed by atoms with Crippen molar-refractivity contribution in [1.82, 2.24) is 4.90 Å². The van der Waals surface area contributed by atoms with Crippen molar-refractivity contribution in [2.75, 3.05) is 13.1 Å². The van der Waals surface area contributed by atoms with E-state index in [9.17, 15) is 0 Å². The second-order valence-corrected chi connectivity index (χ2v) is 8.78.